The van der Waals surface area contributed by atoms with Gasteiger partial charge < -0.3 is 5.73 Å². The molecule has 21 heavy (non-hydrogen) atoms. The summed E-state index contributed by atoms with van der Waals surface area (Å²) < 4.78 is 39.9. The summed E-state index contributed by atoms with van der Waals surface area (Å²) in [5.74, 6) is -0.730. The van der Waals surface area contributed by atoms with Gasteiger partial charge in [0.2, 0.25) is 10.0 Å². The van der Waals surface area contributed by atoms with Crippen LogP contribution in [0, 0.1) is 5.82 Å². The summed E-state index contributed by atoms with van der Waals surface area (Å²) in [7, 11) is -3.75. The van der Waals surface area contributed by atoms with Gasteiger partial charge in [0.05, 0.1) is 10.6 Å². The number of nitrogens with zero attached hydrogens (tertiary/aromatic N) is 1. The van der Waals surface area contributed by atoms with E-state index < -0.39 is 15.8 Å². The van der Waals surface area contributed by atoms with Gasteiger partial charge in [-0.3, -0.25) is 0 Å². The Hall–Kier alpha value is -1.92. The minimum atomic E-state index is -3.75. The van der Waals surface area contributed by atoms with Gasteiger partial charge in [0.15, 0.2) is 0 Å². The molecule has 0 heterocycles. The van der Waals surface area contributed by atoms with Crippen molar-refractivity contribution in [2.75, 3.05) is 12.3 Å². The van der Waals surface area contributed by atoms with E-state index in [1.54, 1.807) is 6.92 Å². The molecule has 112 valence electrons. The highest BCUT2D eigenvalue weighted by atomic mass is 32.2. The molecule has 0 radical (unpaired) electrons. The van der Waals surface area contributed by atoms with E-state index in [0.717, 1.165) is 11.6 Å². The number of nitrogens with two attached hydrogens (primary N) is 1. The van der Waals surface area contributed by atoms with Gasteiger partial charge in [-0.1, -0.05) is 37.3 Å². The Morgan fingerprint density at radius 1 is 1.14 bits per heavy atom. The average molecular weight is 308 g/mol. The fourth-order valence-electron chi connectivity index (χ4n) is 1.97. The predicted octanol–water partition coefficient (Wildman–Crippen LogP) is 2.62. The Balaban J connectivity index is 2.33. The van der Waals surface area contributed by atoms with Crippen LogP contribution in [0.3, 0.4) is 0 Å². The van der Waals surface area contributed by atoms with E-state index in [2.05, 4.69) is 0 Å². The fourth-order valence-corrected chi connectivity index (χ4v) is 3.42. The fraction of sp³-hybridized carbons (Fsp3) is 0.200. The molecule has 0 aliphatic carbocycles. The standard InChI is InChI=1S/C15H17FN2O2S/c1-2-18(11-12-6-4-3-5-7-12)21(19,20)13-8-9-15(17)14(16)10-13/h3-10H,2,11,17H2,1H3. The first-order chi connectivity index (χ1) is 9.95. The van der Waals surface area contributed by atoms with Gasteiger partial charge in [-0.05, 0) is 23.8 Å². The average Bonchev–Trinajstić information content (AvgIpc) is 2.48. The lowest BCUT2D eigenvalue weighted by Crippen LogP contribution is -2.30. The van der Waals surface area contributed by atoms with E-state index in [1.807, 2.05) is 30.3 Å². The zero-order chi connectivity index (χ0) is 15.5. The predicted molar refractivity (Wildman–Crippen MR) is 80.5 cm³/mol. The van der Waals surface area contributed by atoms with Crippen LogP contribution in [0.25, 0.3) is 0 Å². The van der Waals surface area contributed by atoms with Crippen molar-refractivity contribution >= 4 is 15.7 Å². The molecule has 0 saturated heterocycles. The van der Waals surface area contributed by atoms with Crippen LogP contribution in [0.4, 0.5) is 10.1 Å². The normalized spacial score (nSPS) is 11.8. The summed E-state index contributed by atoms with van der Waals surface area (Å²) in [4.78, 5) is -0.0908. The van der Waals surface area contributed by atoms with Crippen LogP contribution in [0.1, 0.15) is 12.5 Å². The van der Waals surface area contributed by atoms with Crippen molar-refractivity contribution in [2.24, 2.45) is 0 Å². The molecule has 0 spiro atoms. The zero-order valence-electron chi connectivity index (χ0n) is 11.7. The molecular weight excluding hydrogens is 291 g/mol. The first-order valence-electron chi connectivity index (χ1n) is 6.54. The Labute approximate surface area is 124 Å². The molecule has 0 bridgehead atoms. The van der Waals surface area contributed by atoms with E-state index in [4.69, 9.17) is 5.73 Å². The van der Waals surface area contributed by atoms with Crippen molar-refractivity contribution in [3.05, 3.63) is 59.9 Å². The summed E-state index contributed by atoms with van der Waals surface area (Å²) in [5, 5.41) is 0. The monoisotopic (exact) mass is 308 g/mol. The number of hydrogen-bond acceptors (Lipinski definition) is 3. The SMILES string of the molecule is CCN(Cc1ccccc1)S(=O)(=O)c1ccc(N)c(F)c1. The van der Waals surface area contributed by atoms with E-state index in [9.17, 15) is 12.8 Å². The van der Waals surface area contributed by atoms with Crippen LogP contribution in [0.15, 0.2) is 53.4 Å². The summed E-state index contributed by atoms with van der Waals surface area (Å²) in [6.07, 6.45) is 0. The van der Waals surface area contributed by atoms with Crippen molar-refractivity contribution in [3.8, 4) is 0 Å². The van der Waals surface area contributed by atoms with Gasteiger partial charge in [0.1, 0.15) is 5.82 Å². The quantitative estimate of drug-likeness (QED) is 0.864. The number of benzene rings is 2. The Bertz CT molecular complexity index is 718. The Morgan fingerprint density at radius 3 is 2.38 bits per heavy atom. The zero-order valence-corrected chi connectivity index (χ0v) is 12.5. The molecular formula is C15H17FN2O2S. The number of rotatable bonds is 5. The second kappa shape index (κ2) is 6.24. The Morgan fingerprint density at radius 2 is 1.81 bits per heavy atom. The molecule has 0 aliphatic heterocycles. The van der Waals surface area contributed by atoms with Crippen LogP contribution in [-0.4, -0.2) is 19.3 Å². The molecule has 0 aliphatic rings. The summed E-state index contributed by atoms with van der Waals surface area (Å²) >= 11 is 0. The van der Waals surface area contributed by atoms with Crippen LogP contribution < -0.4 is 5.73 Å². The number of anilines is 1. The number of hydrogen-bond donors (Lipinski definition) is 1. The van der Waals surface area contributed by atoms with Crippen molar-refractivity contribution in [1.29, 1.82) is 0 Å². The highest BCUT2D eigenvalue weighted by molar-refractivity contribution is 7.89. The molecule has 4 nitrogen and oxygen atoms in total. The third-order valence-electron chi connectivity index (χ3n) is 3.16. The summed E-state index contributed by atoms with van der Waals surface area (Å²) in [5.41, 5.74) is 6.19. The highest BCUT2D eigenvalue weighted by Crippen LogP contribution is 2.21. The molecule has 0 unspecified atom stereocenters. The van der Waals surface area contributed by atoms with Crippen molar-refractivity contribution < 1.29 is 12.8 Å². The van der Waals surface area contributed by atoms with Gasteiger partial charge in [-0.2, -0.15) is 4.31 Å². The maximum Gasteiger partial charge on any atom is 0.243 e. The van der Waals surface area contributed by atoms with E-state index >= 15 is 0 Å². The Kier molecular flexibility index (Phi) is 4.59. The maximum absolute atomic E-state index is 13.5. The number of nitrogen functional groups attached to an aromatic ring is 1. The summed E-state index contributed by atoms with van der Waals surface area (Å²) in [6, 6.07) is 12.8. The molecule has 0 amide bonds. The van der Waals surface area contributed by atoms with Crippen molar-refractivity contribution in [1.82, 2.24) is 4.31 Å². The first kappa shape index (κ1) is 15.5. The van der Waals surface area contributed by atoms with Gasteiger partial charge in [-0.15, -0.1) is 0 Å². The van der Waals surface area contributed by atoms with Crippen LogP contribution >= 0.6 is 0 Å². The van der Waals surface area contributed by atoms with Gasteiger partial charge >= 0.3 is 0 Å². The smallest absolute Gasteiger partial charge is 0.243 e. The molecule has 6 heteroatoms. The van der Waals surface area contributed by atoms with E-state index in [0.29, 0.717) is 6.54 Å². The third-order valence-corrected chi connectivity index (χ3v) is 5.08. The molecule has 0 saturated carbocycles. The highest BCUT2D eigenvalue weighted by Gasteiger charge is 2.24. The van der Waals surface area contributed by atoms with Crippen LogP contribution in [0.2, 0.25) is 0 Å². The lowest BCUT2D eigenvalue weighted by atomic mass is 10.2. The lowest BCUT2D eigenvalue weighted by Gasteiger charge is -2.20. The van der Waals surface area contributed by atoms with Gasteiger partial charge in [0, 0.05) is 13.1 Å². The second-order valence-corrected chi connectivity index (χ2v) is 6.54. The lowest BCUT2D eigenvalue weighted by molar-refractivity contribution is 0.423. The van der Waals surface area contributed by atoms with Gasteiger partial charge in [-0.25, -0.2) is 12.8 Å². The van der Waals surface area contributed by atoms with Gasteiger partial charge in [0.25, 0.3) is 0 Å². The molecule has 0 atom stereocenters. The maximum atomic E-state index is 13.5. The molecule has 0 fully saturated rings. The minimum absolute atomic E-state index is 0.0694. The second-order valence-electron chi connectivity index (χ2n) is 4.60. The molecule has 2 rings (SSSR count). The minimum Gasteiger partial charge on any atom is -0.396 e. The molecule has 0 aromatic heterocycles. The number of halogens is 1. The topological polar surface area (TPSA) is 63.4 Å². The molecule has 2 aromatic carbocycles. The van der Waals surface area contributed by atoms with Crippen molar-refractivity contribution in [3.63, 3.8) is 0 Å². The molecule has 2 N–H and O–H groups in total. The van der Waals surface area contributed by atoms with Crippen LogP contribution in [0.5, 0.6) is 0 Å². The largest absolute Gasteiger partial charge is 0.396 e. The van der Waals surface area contributed by atoms with Crippen LogP contribution in [-0.2, 0) is 16.6 Å². The van der Waals surface area contributed by atoms with Crippen molar-refractivity contribution in [2.45, 2.75) is 18.4 Å². The number of sulfonamides is 1. The van der Waals surface area contributed by atoms with E-state index in [-0.39, 0.29) is 17.1 Å². The first-order valence-corrected chi connectivity index (χ1v) is 7.98. The van der Waals surface area contributed by atoms with E-state index in [1.165, 1.54) is 16.4 Å². The molecule has 2 aromatic rings. The third kappa shape index (κ3) is 3.40. The summed E-state index contributed by atoms with van der Waals surface area (Å²) in [6.45, 7) is 2.28.